The maximum atomic E-state index is 9.12. The SMILES string of the molecule is CCCN(C)CCC(O)CN. The van der Waals surface area contributed by atoms with E-state index in [2.05, 4.69) is 18.9 Å². The number of nitrogens with two attached hydrogens (primary N) is 1. The van der Waals surface area contributed by atoms with Gasteiger partial charge in [0.05, 0.1) is 6.10 Å². The molecule has 0 aromatic rings. The van der Waals surface area contributed by atoms with Crippen LogP contribution in [-0.4, -0.2) is 42.8 Å². The Balaban J connectivity index is 3.22. The normalized spacial score (nSPS) is 13.9. The summed E-state index contributed by atoms with van der Waals surface area (Å²) in [6, 6.07) is 0. The average molecular weight is 160 g/mol. The second-order valence-electron chi connectivity index (χ2n) is 2.98. The molecule has 3 heteroatoms. The lowest BCUT2D eigenvalue weighted by Gasteiger charge is -2.16. The van der Waals surface area contributed by atoms with Gasteiger partial charge < -0.3 is 15.7 Å². The van der Waals surface area contributed by atoms with Gasteiger partial charge in [0, 0.05) is 13.1 Å². The van der Waals surface area contributed by atoms with Gasteiger partial charge in [-0.05, 0) is 26.4 Å². The lowest BCUT2D eigenvalue weighted by atomic mass is 10.2. The molecule has 0 spiro atoms. The van der Waals surface area contributed by atoms with Crippen LogP contribution < -0.4 is 5.73 Å². The molecule has 0 aromatic carbocycles. The number of aliphatic hydroxyl groups excluding tert-OH is 1. The molecule has 0 fully saturated rings. The van der Waals surface area contributed by atoms with Gasteiger partial charge in [0.2, 0.25) is 0 Å². The van der Waals surface area contributed by atoms with Gasteiger partial charge in [-0.25, -0.2) is 0 Å². The summed E-state index contributed by atoms with van der Waals surface area (Å²) < 4.78 is 0. The van der Waals surface area contributed by atoms with Gasteiger partial charge in [-0.3, -0.25) is 0 Å². The minimum Gasteiger partial charge on any atom is -0.392 e. The highest BCUT2D eigenvalue weighted by Gasteiger charge is 2.02. The summed E-state index contributed by atoms with van der Waals surface area (Å²) in [6.45, 7) is 4.55. The number of hydrogen-bond donors (Lipinski definition) is 2. The second-order valence-corrected chi connectivity index (χ2v) is 2.98. The van der Waals surface area contributed by atoms with E-state index in [9.17, 15) is 0 Å². The largest absolute Gasteiger partial charge is 0.392 e. The lowest BCUT2D eigenvalue weighted by Crippen LogP contribution is -2.27. The zero-order chi connectivity index (χ0) is 8.69. The van der Waals surface area contributed by atoms with Gasteiger partial charge in [0.1, 0.15) is 0 Å². The van der Waals surface area contributed by atoms with Crippen LogP contribution in [0.4, 0.5) is 0 Å². The monoisotopic (exact) mass is 160 g/mol. The third-order valence-electron chi connectivity index (χ3n) is 1.72. The van der Waals surface area contributed by atoms with Crippen LogP contribution >= 0.6 is 0 Å². The van der Waals surface area contributed by atoms with Gasteiger partial charge in [-0.2, -0.15) is 0 Å². The Labute approximate surface area is 69.2 Å². The Kier molecular flexibility index (Phi) is 6.51. The van der Waals surface area contributed by atoms with Gasteiger partial charge in [0.15, 0.2) is 0 Å². The van der Waals surface area contributed by atoms with E-state index in [4.69, 9.17) is 10.8 Å². The van der Waals surface area contributed by atoms with Crippen LogP contribution in [0.1, 0.15) is 19.8 Å². The highest BCUT2D eigenvalue weighted by atomic mass is 16.3. The predicted octanol–water partition coefficient (Wildman–Crippen LogP) is 0.0379. The van der Waals surface area contributed by atoms with Crippen molar-refractivity contribution >= 4 is 0 Å². The molecule has 68 valence electrons. The summed E-state index contributed by atoms with van der Waals surface area (Å²) >= 11 is 0. The van der Waals surface area contributed by atoms with E-state index < -0.39 is 0 Å². The summed E-state index contributed by atoms with van der Waals surface area (Å²) in [6.07, 6.45) is 1.62. The fraction of sp³-hybridized carbons (Fsp3) is 1.00. The third kappa shape index (κ3) is 6.28. The second kappa shape index (κ2) is 6.58. The van der Waals surface area contributed by atoms with Crippen molar-refractivity contribution in [2.75, 3.05) is 26.7 Å². The predicted molar refractivity (Wildman–Crippen MR) is 47.5 cm³/mol. The van der Waals surface area contributed by atoms with Crippen LogP contribution in [0.5, 0.6) is 0 Å². The van der Waals surface area contributed by atoms with E-state index in [0.717, 1.165) is 25.9 Å². The van der Waals surface area contributed by atoms with E-state index in [1.807, 2.05) is 0 Å². The summed E-state index contributed by atoms with van der Waals surface area (Å²) in [7, 11) is 2.06. The highest BCUT2D eigenvalue weighted by Crippen LogP contribution is 1.93. The topological polar surface area (TPSA) is 49.5 Å². The van der Waals surface area contributed by atoms with Crippen molar-refractivity contribution in [3.63, 3.8) is 0 Å². The highest BCUT2D eigenvalue weighted by molar-refractivity contribution is 4.58. The Morgan fingerprint density at radius 3 is 2.55 bits per heavy atom. The minimum absolute atomic E-state index is 0.325. The van der Waals surface area contributed by atoms with E-state index >= 15 is 0 Å². The molecule has 0 radical (unpaired) electrons. The molecule has 0 aliphatic rings. The van der Waals surface area contributed by atoms with Gasteiger partial charge in [-0.1, -0.05) is 6.92 Å². The summed E-state index contributed by atoms with van der Waals surface area (Å²) in [5.74, 6) is 0. The average Bonchev–Trinajstić information content (AvgIpc) is 2.01. The smallest absolute Gasteiger partial charge is 0.0674 e. The van der Waals surface area contributed by atoms with Crippen LogP contribution in [-0.2, 0) is 0 Å². The fourth-order valence-corrected chi connectivity index (χ4v) is 0.981. The standard InChI is InChI=1S/C8H20N2O/c1-3-5-10(2)6-4-8(11)7-9/h8,11H,3-7,9H2,1-2H3. The molecule has 0 aromatic heterocycles. The van der Waals surface area contributed by atoms with Crippen LogP contribution in [0.15, 0.2) is 0 Å². The molecular formula is C8H20N2O. The Bertz CT molecular complexity index is 88.2. The summed E-state index contributed by atoms with van der Waals surface area (Å²) in [5, 5.41) is 9.12. The molecule has 3 nitrogen and oxygen atoms in total. The molecule has 0 rings (SSSR count). The third-order valence-corrected chi connectivity index (χ3v) is 1.72. The first-order valence-corrected chi connectivity index (χ1v) is 4.27. The van der Waals surface area contributed by atoms with E-state index in [-0.39, 0.29) is 6.10 Å². The maximum Gasteiger partial charge on any atom is 0.0674 e. The molecule has 0 amide bonds. The molecule has 0 bridgehead atoms. The number of hydrogen-bond acceptors (Lipinski definition) is 3. The first kappa shape index (κ1) is 10.9. The first-order chi connectivity index (χ1) is 5.20. The van der Waals surface area contributed by atoms with E-state index in [0.29, 0.717) is 6.54 Å². The first-order valence-electron chi connectivity index (χ1n) is 4.27. The van der Waals surface area contributed by atoms with Crippen LogP contribution in [0.2, 0.25) is 0 Å². The molecule has 0 saturated heterocycles. The Morgan fingerprint density at radius 1 is 1.45 bits per heavy atom. The van der Waals surface area contributed by atoms with Crippen molar-refractivity contribution in [3.05, 3.63) is 0 Å². The maximum absolute atomic E-state index is 9.12. The molecule has 1 unspecified atom stereocenters. The van der Waals surface area contributed by atoms with Crippen molar-refractivity contribution in [1.29, 1.82) is 0 Å². The molecular weight excluding hydrogens is 140 g/mol. The zero-order valence-electron chi connectivity index (χ0n) is 7.58. The number of aliphatic hydroxyl groups is 1. The lowest BCUT2D eigenvalue weighted by molar-refractivity contribution is 0.154. The minimum atomic E-state index is -0.325. The van der Waals surface area contributed by atoms with Gasteiger partial charge >= 0.3 is 0 Å². The summed E-state index contributed by atoms with van der Waals surface area (Å²) in [5.41, 5.74) is 5.26. The van der Waals surface area contributed by atoms with Crippen molar-refractivity contribution in [3.8, 4) is 0 Å². The van der Waals surface area contributed by atoms with Crippen LogP contribution in [0.25, 0.3) is 0 Å². The van der Waals surface area contributed by atoms with Crippen molar-refractivity contribution in [1.82, 2.24) is 4.90 Å². The Hall–Kier alpha value is -0.120. The number of nitrogens with zero attached hydrogens (tertiary/aromatic N) is 1. The Morgan fingerprint density at radius 2 is 2.09 bits per heavy atom. The molecule has 0 saturated carbocycles. The van der Waals surface area contributed by atoms with Crippen molar-refractivity contribution in [2.24, 2.45) is 5.73 Å². The van der Waals surface area contributed by atoms with Crippen molar-refractivity contribution in [2.45, 2.75) is 25.9 Å². The molecule has 0 heterocycles. The molecule has 3 N–H and O–H groups in total. The number of rotatable bonds is 6. The zero-order valence-corrected chi connectivity index (χ0v) is 7.58. The van der Waals surface area contributed by atoms with Crippen molar-refractivity contribution < 1.29 is 5.11 Å². The fourth-order valence-electron chi connectivity index (χ4n) is 0.981. The quantitative estimate of drug-likeness (QED) is 0.576. The molecule has 0 aliphatic heterocycles. The molecule has 11 heavy (non-hydrogen) atoms. The molecule has 1 atom stereocenters. The van der Waals surface area contributed by atoms with Crippen LogP contribution in [0.3, 0.4) is 0 Å². The van der Waals surface area contributed by atoms with Gasteiger partial charge in [0.25, 0.3) is 0 Å². The van der Waals surface area contributed by atoms with E-state index in [1.54, 1.807) is 0 Å². The summed E-state index contributed by atoms with van der Waals surface area (Å²) in [4.78, 5) is 2.21. The van der Waals surface area contributed by atoms with Crippen LogP contribution in [0, 0.1) is 0 Å². The molecule has 0 aliphatic carbocycles. The van der Waals surface area contributed by atoms with E-state index in [1.165, 1.54) is 0 Å². The van der Waals surface area contributed by atoms with Gasteiger partial charge in [-0.15, -0.1) is 0 Å².